The smallest absolute Gasteiger partial charge is 0.273 e. The summed E-state index contributed by atoms with van der Waals surface area (Å²) in [6.07, 6.45) is 0. The van der Waals surface area contributed by atoms with Gasteiger partial charge in [-0.1, -0.05) is 23.7 Å². The van der Waals surface area contributed by atoms with E-state index in [2.05, 4.69) is 15.5 Å². The van der Waals surface area contributed by atoms with Gasteiger partial charge in [0.15, 0.2) is 11.6 Å². The number of nitrogens with zero attached hydrogens (tertiary/aromatic N) is 1. The number of carbonyl (C=O) groups excluding carboxylic acids is 1. The van der Waals surface area contributed by atoms with E-state index in [0.717, 1.165) is 5.56 Å². The van der Waals surface area contributed by atoms with Crippen LogP contribution in [0.3, 0.4) is 0 Å². The summed E-state index contributed by atoms with van der Waals surface area (Å²) in [5, 5.41) is 9.98. The largest absolute Gasteiger partial charge is 0.494 e. The molecule has 5 nitrogen and oxygen atoms in total. The van der Waals surface area contributed by atoms with Crippen LogP contribution in [0.5, 0.6) is 5.75 Å². The predicted octanol–water partition coefficient (Wildman–Crippen LogP) is 4.13. The summed E-state index contributed by atoms with van der Waals surface area (Å²) in [6.45, 7) is 0. The molecular weight excluding hydrogens is 333 g/mol. The Labute approximate surface area is 142 Å². The molecule has 0 saturated heterocycles. The highest BCUT2D eigenvalue weighted by Gasteiger charge is 2.12. The zero-order valence-electron chi connectivity index (χ0n) is 12.6. The van der Waals surface area contributed by atoms with Crippen LogP contribution in [0.1, 0.15) is 10.5 Å². The zero-order valence-corrected chi connectivity index (χ0v) is 13.4. The van der Waals surface area contributed by atoms with Crippen LogP contribution in [0.2, 0.25) is 5.02 Å². The monoisotopic (exact) mass is 345 g/mol. The summed E-state index contributed by atoms with van der Waals surface area (Å²) in [4.78, 5) is 12.2. The number of H-pyrrole nitrogens is 1. The molecule has 1 amide bonds. The Morgan fingerprint density at radius 2 is 1.96 bits per heavy atom. The first kappa shape index (κ1) is 16.0. The van der Waals surface area contributed by atoms with E-state index in [9.17, 15) is 9.18 Å². The van der Waals surface area contributed by atoms with Crippen molar-refractivity contribution >= 4 is 23.2 Å². The molecule has 2 aromatic carbocycles. The van der Waals surface area contributed by atoms with Crippen molar-refractivity contribution in [2.75, 3.05) is 12.4 Å². The molecule has 0 unspecified atom stereocenters. The minimum Gasteiger partial charge on any atom is -0.494 e. The maximum absolute atomic E-state index is 13.7. The minimum atomic E-state index is -0.554. The molecule has 1 aromatic heterocycles. The van der Waals surface area contributed by atoms with Crippen LogP contribution in [0, 0.1) is 5.82 Å². The summed E-state index contributed by atoms with van der Waals surface area (Å²) in [7, 11) is 1.37. The minimum absolute atomic E-state index is 0.111. The van der Waals surface area contributed by atoms with Crippen molar-refractivity contribution in [3.63, 3.8) is 0 Å². The molecular formula is C17H13ClFN3O2. The molecule has 0 spiro atoms. The average molecular weight is 346 g/mol. The van der Waals surface area contributed by atoms with Crippen LogP contribution in [-0.2, 0) is 0 Å². The quantitative estimate of drug-likeness (QED) is 0.747. The normalized spacial score (nSPS) is 10.5. The predicted molar refractivity (Wildman–Crippen MR) is 89.9 cm³/mol. The van der Waals surface area contributed by atoms with E-state index in [4.69, 9.17) is 16.3 Å². The van der Waals surface area contributed by atoms with Gasteiger partial charge >= 0.3 is 0 Å². The summed E-state index contributed by atoms with van der Waals surface area (Å²) >= 11 is 5.85. The summed E-state index contributed by atoms with van der Waals surface area (Å²) in [5.41, 5.74) is 2.01. The van der Waals surface area contributed by atoms with Crippen LogP contribution in [0.4, 0.5) is 10.1 Å². The second-order valence-electron chi connectivity index (χ2n) is 4.98. The van der Waals surface area contributed by atoms with Crippen molar-refractivity contribution in [3.8, 4) is 17.0 Å². The van der Waals surface area contributed by atoms with Gasteiger partial charge in [0.2, 0.25) is 0 Å². The Morgan fingerprint density at radius 3 is 2.62 bits per heavy atom. The maximum atomic E-state index is 13.7. The number of carbonyl (C=O) groups is 1. The van der Waals surface area contributed by atoms with Crippen LogP contribution in [-0.4, -0.2) is 23.2 Å². The Morgan fingerprint density at radius 1 is 1.21 bits per heavy atom. The lowest BCUT2D eigenvalue weighted by Crippen LogP contribution is -2.12. The molecule has 3 aromatic rings. The SMILES string of the molecule is COc1ccc(NC(=O)c2cc(-c3ccc(Cl)cc3)n[nH]2)cc1F. The van der Waals surface area contributed by atoms with Gasteiger partial charge in [-0.3, -0.25) is 9.89 Å². The van der Waals surface area contributed by atoms with E-state index in [1.54, 1.807) is 36.4 Å². The Bertz CT molecular complexity index is 878. The first-order chi connectivity index (χ1) is 11.6. The first-order valence-corrected chi connectivity index (χ1v) is 7.41. The number of methoxy groups -OCH3 is 1. The number of aromatic amines is 1. The van der Waals surface area contributed by atoms with Crippen LogP contribution in [0.15, 0.2) is 48.5 Å². The molecule has 0 aliphatic rings. The summed E-state index contributed by atoms with van der Waals surface area (Å²) in [6, 6.07) is 12.9. The molecule has 2 N–H and O–H groups in total. The number of hydrogen-bond acceptors (Lipinski definition) is 3. The van der Waals surface area contributed by atoms with Gasteiger partial charge in [-0.2, -0.15) is 5.10 Å². The number of benzene rings is 2. The molecule has 0 fully saturated rings. The van der Waals surface area contributed by atoms with Gasteiger partial charge in [-0.25, -0.2) is 4.39 Å². The highest BCUT2D eigenvalue weighted by atomic mass is 35.5. The van der Waals surface area contributed by atoms with Crippen LogP contribution >= 0.6 is 11.6 Å². The van der Waals surface area contributed by atoms with Crippen molar-refractivity contribution in [2.24, 2.45) is 0 Å². The molecule has 24 heavy (non-hydrogen) atoms. The number of halogens is 2. The molecule has 0 atom stereocenters. The molecule has 0 saturated carbocycles. The third kappa shape index (κ3) is 3.38. The number of amides is 1. The number of ether oxygens (including phenoxy) is 1. The van der Waals surface area contributed by atoms with Gasteiger partial charge in [0.05, 0.1) is 12.8 Å². The van der Waals surface area contributed by atoms with Crippen molar-refractivity contribution in [1.29, 1.82) is 0 Å². The Balaban J connectivity index is 1.76. The van der Waals surface area contributed by atoms with E-state index in [1.807, 2.05) is 0 Å². The van der Waals surface area contributed by atoms with Gasteiger partial charge in [0, 0.05) is 22.3 Å². The maximum Gasteiger partial charge on any atom is 0.273 e. The van der Waals surface area contributed by atoms with Crippen molar-refractivity contribution in [3.05, 3.63) is 65.1 Å². The fraction of sp³-hybridized carbons (Fsp3) is 0.0588. The van der Waals surface area contributed by atoms with Gasteiger partial charge in [-0.05, 0) is 30.3 Å². The topological polar surface area (TPSA) is 67.0 Å². The summed E-state index contributed by atoms with van der Waals surface area (Å²) in [5.74, 6) is -0.867. The van der Waals surface area contributed by atoms with Gasteiger partial charge in [0.1, 0.15) is 5.69 Å². The van der Waals surface area contributed by atoms with E-state index in [1.165, 1.54) is 19.2 Å². The molecule has 0 aliphatic heterocycles. The van der Waals surface area contributed by atoms with E-state index >= 15 is 0 Å². The van der Waals surface area contributed by atoms with Crippen LogP contribution in [0.25, 0.3) is 11.3 Å². The lowest BCUT2D eigenvalue weighted by Gasteiger charge is -2.06. The zero-order chi connectivity index (χ0) is 17.1. The van der Waals surface area contributed by atoms with E-state index < -0.39 is 11.7 Å². The Hall–Kier alpha value is -2.86. The lowest BCUT2D eigenvalue weighted by molar-refractivity contribution is 0.102. The molecule has 1 heterocycles. The third-order valence-corrected chi connectivity index (χ3v) is 3.62. The fourth-order valence-corrected chi connectivity index (χ4v) is 2.28. The average Bonchev–Trinajstić information content (AvgIpc) is 3.06. The standard InChI is InChI=1S/C17H13ClFN3O2/c1-24-16-7-6-12(8-13(16)19)20-17(23)15-9-14(21-22-15)10-2-4-11(18)5-3-10/h2-9H,1H3,(H,20,23)(H,21,22). The number of rotatable bonds is 4. The fourth-order valence-electron chi connectivity index (χ4n) is 2.15. The van der Waals surface area contributed by atoms with E-state index in [0.29, 0.717) is 16.4 Å². The third-order valence-electron chi connectivity index (χ3n) is 3.37. The van der Waals surface area contributed by atoms with E-state index in [-0.39, 0.29) is 11.4 Å². The molecule has 0 aliphatic carbocycles. The van der Waals surface area contributed by atoms with Crippen molar-refractivity contribution < 1.29 is 13.9 Å². The molecule has 122 valence electrons. The second kappa shape index (κ2) is 6.72. The molecule has 0 bridgehead atoms. The second-order valence-corrected chi connectivity index (χ2v) is 5.41. The number of nitrogens with one attached hydrogen (secondary N) is 2. The van der Waals surface area contributed by atoms with Gasteiger partial charge in [-0.15, -0.1) is 0 Å². The highest BCUT2D eigenvalue weighted by molar-refractivity contribution is 6.30. The highest BCUT2D eigenvalue weighted by Crippen LogP contribution is 2.22. The number of aromatic nitrogens is 2. The van der Waals surface area contributed by atoms with Crippen molar-refractivity contribution in [2.45, 2.75) is 0 Å². The van der Waals surface area contributed by atoms with Gasteiger partial charge in [0.25, 0.3) is 5.91 Å². The molecule has 3 rings (SSSR count). The lowest BCUT2D eigenvalue weighted by atomic mass is 10.1. The number of anilines is 1. The summed E-state index contributed by atoms with van der Waals surface area (Å²) < 4.78 is 18.5. The molecule has 0 radical (unpaired) electrons. The molecule has 7 heteroatoms. The first-order valence-electron chi connectivity index (χ1n) is 7.03. The van der Waals surface area contributed by atoms with Crippen LogP contribution < -0.4 is 10.1 Å². The van der Waals surface area contributed by atoms with Gasteiger partial charge < -0.3 is 10.1 Å². The number of hydrogen-bond donors (Lipinski definition) is 2. The van der Waals surface area contributed by atoms with Crippen molar-refractivity contribution in [1.82, 2.24) is 10.2 Å². The Kier molecular flexibility index (Phi) is 4.48.